The Labute approximate surface area is 149 Å². The van der Waals surface area contributed by atoms with Crippen LogP contribution in [0.3, 0.4) is 0 Å². The Kier molecular flexibility index (Phi) is 4.52. The second kappa shape index (κ2) is 6.67. The second-order valence-corrected chi connectivity index (χ2v) is 5.60. The summed E-state index contributed by atoms with van der Waals surface area (Å²) in [5.41, 5.74) is 2.36. The van der Waals surface area contributed by atoms with Crippen molar-refractivity contribution in [2.75, 3.05) is 0 Å². The summed E-state index contributed by atoms with van der Waals surface area (Å²) in [4.78, 5) is 29.3. The van der Waals surface area contributed by atoms with Gasteiger partial charge in [0.25, 0.3) is 11.5 Å². The third kappa shape index (κ3) is 3.71. The van der Waals surface area contributed by atoms with E-state index in [-0.39, 0.29) is 28.1 Å². The van der Waals surface area contributed by atoms with Gasteiger partial charge in [0.2, 0.25) is 0 Å². The number of carbonyl (C=O) groups excluding carboxylic acids is 1. The highest BCUT2D eigenvalue weighted by Gasteiger charge is 2.33. The first-order chi connectivity index (χ1) is 12.7. The van der Waals surface area contributed by atoms with Crippen molar-refractivity contribution in [3.8, 4) is 22.4 Å². The summed E-state index contributed by atoms with van der Waals surface area (Å²) in [6.45, 7) is 0. The maximum absolute atomic E-state index is 14.1. The SMILES string of the molecule is NC(=O)c1c[nH]c(=O)c(-c2cc(F)cc(-c3ccccc3C(F)(F)F)c2)n1. The van der Waals surface area contributed by atoms with Gasteiger partial charge in [-0.3, -0.25) is 9.59 Å². The first-order valence-electron chi connectivity index (χ1n) is 7.54. The number of aromatic amines is 1. The van der Waals surface area contributed by atoms with Crippen LogP contribution in [0, 0.1) is 5.82 Å². The summed E-state index contributed by atoms with van der Waals surface area (Å²) in [5.74, 6) is -1.79. The third-order valence-electron chi connectivity index (χ3n) is 3.75. The normalized spacial score (nSPS) is 11.4. The fourth-order valence-corrected chi connectivity index (χ4v) is 2.59. The molecule has 9 heteroatoms. The first kappa shape index (κ1) is 18.3. The summed E-state index contributed by atoms with van der Waals surface area (Å²) < 4.78 is 53.9. The lowest BCUT2D eigenvalue weighted by atomic mass is 9.97. The molecule has 5 nitrogen and oxygen atoms in total. The number of hydrogen-bond acceptors (Lipinski definition) is 3. The molecule has 0 radical (unpaired) electrons. The van der Waals surface area contributed by atoms with Crippen LogP contribution in [0.5, 0.6) is 0 Å². The molecular formula is C18H11F4N3O2. The van der Waals surface area contributed by atoms with E-state index in [0.717, 1.165) is 24.4 Å². The number of rotatable bonds is 3. The average molecular weight is 377 g/mol. The van der Waals surface area contributed by atoms with Crippen LogP contribution in [-0.2, 0) is 6.18 Å². The zero-order valence-corrected chi connectivity index (χ0v) is 13.5. The summed E-state index contributed by atoms with van der Waals surface area (Å²) in [6.07, 6.45) is -3.65. The molecule has 0 atom stereocenters. The zero-order chi connectivity index (χ0) is 19.8. The molecule has 0 spiro atoms. The maximum atomic E-state index is 14.1. The number of amides is 1. The molecule has 1 amide bonds. The molecule has 138 valence electrons. The molecule has 0 saturated heterocycles. The molecule has 0 fully saturated rings. The van der Waals surface area contributed by atoms with Crippen LogP contribution in [0.2, 0.25) is 0 Å². The Morgan fingerprint density at radius 2 is 1.74 bits per heavy atom. The van der Waals surface area contributed by atoms with Crippen molar-refractivity contribution < 1.29 is 22.4 Å². The van der Waals surface area contributed by atoms with Crippen molar-refractivity contribution in [3.05, 3.63) is 76.1 Å². The summed E-state index contributed by atoms with van der Waals surface area (Å²) in [5, 5.41) is 0. The van der Waals surface area contributed by atoms with Gasteiger partial charge < -0.3 is 10.7 Å². The van der Waals surface area contributed by atoms with Crippen molar-refractivity contribution in [2.45, 2.75) is 6.18 Å². The van der Waals surface area contributed by atoms with E-state index in [2.05, 4.69) is 9.97 Å². The first-order valence-corrected chi connectivity index (χ1v) is 7.54. The lowest BCUT2D eigenvalue weighted by Crippen LogP contribution is -2.19. The number of nitrogens with one attached hydrogen (secondary N) is 1. The number of alkyl halides is 3. The summed E-state index contributed by atoms with van der Waals surface area (Å²) >= 11 is 0. The van der Waals surface area contributed by atoms with Gasteiger partial charge in [0, 0.05) is 11.8 Å². The standard InChI is InChI=1S/C18H11F4N3O2/c19-11-6-9(12-3-1-2-4-13(12)18(20,21)22)5-10(7-11)15-17(27)24-8-14(25-15)16(23)26/h1-8H,(H2,23,26)(H,24,27). The number of nitrogens with two attached hydrogens (primary N) is 1. The van der Waals surface area contributed by atoms with E-state index in [1.54, 1.807) is 0 Å². The minimum atomic E-state index is -4.65. The molecule has 2 aromatic carbocycles. The van der Waals surface area contributed by atoms with E-state index in [9.17, 15) is 27.2 Å². The van der Waals surface area contributed by atoms with Crippen LogP contribution in [0.25, 0.3) is 22.4 Å². The highest BCUT2D eigenvalue weighted by Crippen LogP contribution is 2.38. The Morgan fingerprint density at radius 1 is 1.07 bits per heavy atom. The van der Waals surface area contributed by atoms with E-state index in [4.69, 9.17) is 5.73 Å². The number of H-pyrrole nitrogens is 1. The number of halogens is 4. The quantitative estimate of drug-likeness (QED) is 0.686. The van der Waals surface area contributed by atoms with E-state index in [1.165, 1.54) is 24.3 Å². The molecule has 1 heterocycles. The molecule has 3 N–H and O–H groups in total. The smallest absolute Gasteiger partial charge is 0.364 e. The van der Waals surface area contributed by atoms with Gasteiger partial charge >= 0.3 is 6.18 Å². The van der Waals surface area contributed by atoms with Gasteiger partial charge in [-0.05, 0) is 35.4 Å². The Bertz CT molecular complexity index is 1090. The van der Waals surface area contributed by atoms with Gasteiger partial charge in [0.15, 0.2) is 0 Å². The van der Waals surface area contributed by atoms with E-state index in [1.807, 2.05) is 0 Å². The highest BCUT2D eigenvalue weighted by molar-refractivity contribution is 5.91. The lowest BCUT2D eigenvalue weighted by molar-refractivity contribution is -0.137. The molecule has 0 aliphatic heterocycles. The van der Waals surface area contributed by atoms with Crippen LogP contribution in [-0.4, -0.2) is 15.9 Å². The van der Waals surface area contributed by atoms with E-state index < -0.39 is 29.0 Å². The molecule has 3 aromatic rings. The van der Waals surface area contributed by atoms with Crippen LogP contribution >= 0.6 is 0 Å². The van der Waals surface area contributed by atoms with Gasteiger partial charge in [0.1, 0.15) is 17.2 Å². The van der Waals surface area contributed by atoms with Crippen molar-refractivity contribution in [3.63, 3.8) is 0 Å². The van der Waals surface area contributed by atoms with Crippen molar-refractivity contribution >= 4 is 5.91 Å². The molecule has 0 unspecified atom stereocenters. The monoisotopic (exact) mass is 377 g/mol. The van der Waals surface area contributed by atoms with Crippen molar-refractivity contribution in [1.82, 2.24) is 9.97 Å². The van der Waals surface area contributed by atoms with Crippen molar-refractivity contribution in [1.29, 1.82) is 0 Å². The largest absolute Gasteiger partial charge is 0.417 e. The average Bonchev–Trinajstić information content (AvgIpc) is 2.60. The van der Waals surface area contributed by atoms with Crippen LogP contribution < -0.4 is 11.3 Å². The van der Waals surface area contributed by atoms with Gasteiger partial charge in [-0.1, -0.05) is 18.2 Å². The summed E-state index contributed by atoms with van der Waals surface area (Å²) in [7, 11) is 0. The minimum absolute atomic E-state index is 0.0914. The predicted molar refractivity (Wildman–Crippen MR) is 89.2 cm³/mol. The molecular weight excluding hydrogens is 366 g/mol. The minimum Gasteiger partial charge on any atom is -0.364 e. The number of primary amides is 1. The van der Waals surface area contributed by atoms with Gasteiger partial charge in [0.05, 0.1) is 5.56 Å². The van der Waals surface area contributed by atoms with Crippen LogP contribution in [0.1, 0.15) is 16.1 Å². The number of nitrogens with zero attached hydrogens (tertiary/aromatic N) is 1. The number of benzene rings is 2. The van der Waals surface area contributed by atoms with Gasteiger partial charge in [-0.15, -0.1) is 0 Å². The fraction of sp³-hybridized carbons (Fsp3) is 0.0556. The third-order valence-corrected chi connectivity index (χ3v) is 3.75. The number of carbonyl (C=O) groups is 1. The second-order valence-electron chi connectivity index (χ2n) is 5.60. The maximum Gasteiger partial charge on any atom is 0.417 e. The molecule has 27 heavy (non-hydrogen) atoms. The molecule has 0 aliphatic rings. The van der Waals surface area contributed by atoms with Crippen LogP contribution in [0.15, 0.2) is 53.5 Å². The molecule has 0 bridgehead atoms. The highest BCUT2D eigenvalue weighted by atomic mass is 19.4. The Morgan fingerprint density at radius 3 is 2.41 bits per heavy atom. The number of aromatic nitrogens is 2. The van der Waals surface area contributed by atoms with Gasteiger partial charge in [-0.25, -0.2) is 9.37 Å². The van der Waals surface area contributed by atoms with E-state index in [0.29, 0.717) is 0 Å². The lowest BCUT2D eigenvalue weighted by Gasteiger charge is -2.13. The molecule has 0 saturated carbocycles. The molecule has 0 aliphatic carbocycles. The predicted octanol–water partition coefficient (Wildman–Crippen LogP) is 3.36. The van der Waals surface area contributed by atoms with E-state index >= 15 is 0 Å². The molecule has 1 aromatic heterocycles. The molecule has 3 rings (SSSR count). The van der Waals surface area contributed by atoms with Crippen LogP contribution in [0.4, 0.5) is 17.6 Å². The zero-order valence-electron chi connectivity index (χ0n) is 13.5. The van der Waals surface area contributed by atoms with Gasteiger partial charge in [-0.2, -0.15) is 13.2 Å². The topological polar surface area (TPSA) is 88.8 Å². The Hall–Kier alpha value is -3.49. The van der Waals surface area contributed by atoms with Crippen molar-refractivity contribution in [2.24, 2.45) is 5.73 Å². The summed E-state index contributed by atoms with van der Waals surface area (Å²) in [6, 6.07) is 7.71. The fourth-order valence-electron chi connectivity index (χ4n) is 2.59. The number of hydrogen-bond donors (Lipinski definition) is 2. The Balaban J connectivity index is 2.23.